The van der Waals surface area contributed by atoms with Gasteiger partial charge in [0.05, 0.1) is 12.5 Å². The minimum Gasteiger partial charge on any atom is -0.491 e. The van der Waals surface area contributed by atoms with E-state index in [1.807, 2.05) is 0 Å². The molecule has 112 valence electrons. The number of carboxylic acid groups (broad SMARTS) is 2. The first-order valence-electron chi connectivity index (χ1n) is 6.20. The van der Waals surface area contributed by atoms with Gasteiger partial charge in [0.25, 0.3) is 0 Å². The maximum Gasteiger partial charge on any atom is 0.326 e. The van der Waals surface area contributed by atoms with E-state index in [-0.39, 0.29) is 6.61 Å². The van der Waals surface area contributed by atoms with E-state index < -0.39 is 36.5 Å². The first-order chi connectivity index (χ1) is 9.97. The van der Waals surface area contributed by atoms with Crippen LogP contribution in [-0.2, 0) is 9.59 Å². The highest BCUT2D eigenvalue weighted by Gasteiger charge is 2.28. The molecule has 0 fully saturated rings. The van der Waals surface area contributed by atoms with Crippen LogP contribution in [0.5, 0.6) is 5.75 Å². The summed E-state index contributed by atoms with van der Waals surface area (Å²) < 4.78 is 5.38. The Kier molecular flexibility index (Phi) is 4.27. The number of urea groups is 1. The summed E-state index contributed by atoms with van der Waals surface area (Å²) in [6.45, 7) is 0.240. The fourth-order valence-corrected chi connectivity index (χ4v) is 2.02. The van der Waals surface area contributed by atoms with Crippen LogP contribution >= 0.6 is 0 Å². The molecule has 0 radical (unpaired) electrons. The van der Waals surface area contributed by atoms with Crippen molar-refractivity contribution in [1.29, 1.82) is 0 Å². The molecule has 0 saturated heterocycles. The van der Waals surface area contributed by atoms with Crippen molar-refractivity contribution in [2.24, 2.45) is 0 Å². The van der Waals surface area contributed by atoms with Crippen molar-refractivity contribution in [3.05, 3.63) is 29.8 Å². The number of fused-ring (bicyclic) bond motifs is 1. The number of benzene rings is 1. The van der Waals surface area contributed by atoms with E-state index in [2.05, 4.69) is 10.6 Å². The molecule has 1 aliphatic rings. The zero-order valence-corrected chi connectivity index (χ0v) is 10.9. The van der Waals surface area contributed by atoms with E-state index >= 15 is 0 Å². The predicted octanol–water partition coefficient (Wildman–Crippen LogP) is 0.347. The molecule has 2 rings (SSSR count). The third-order valence-corrected chi connectivity index (χ3v) is 2.99. The van der Waals surface area contributed by atoms with Gasteiger partial charge in [-0.15, -0.1) is 0 Å². The summed E-state index contributed by atoms with van der Waals surface area (Å²) in [5.41, 5.74) is 0.790. The molecule has 1 heterocycles. The second-order valence-electron chi connectivity index (χ2n) is 4.51. The quantitative estimate of drug-likeness (QED) is 0.621. The number of nitrogens with one attached hydrogen (secondary N) is 2. The summed E-state index contributed by atoms with van der Waals surface area (Å²) in [5.74, 6) is -2.06. The highest BCUT2D eigenvalue weighted by molar-refractivity contribution is 5.86. The number of carbonyl (C=O) groups is 3. The van der Waals surface area contributed by atoms with Crippen molar-refractivity contribution < 1.29 is 29.3 Å². The summed E-state index contributed by atoms with van der Waals surface area (Å²) in [5, 5.41) is 22.1. The van der Waals surface area contributed by atoms with Crippen LogP contribution in [-0.4, -0.2) is 40.8 Å². The Labute approximate surface area is 119 Å². The molecule has 0 bridgehead atoms. The van der Waals surface area contributed by atoms with Crippen LogP contribution in [0.4, 0.5) is 4.79 Å². The van der Waals surface area contributed by atoms with Crippen molar-refractivity contribution in [1.82, 2.24) is 10.6 Å². The first-order valence-corrected chi connectivity index (χ1v) is 6.20. The van der Waals surface area contributed by atoms with Crippen LogP contribution in [0.2, 0.25) is 0 Å². The van der Waals surface area contributed by atoms with Gasteiger partial charge < -0.3 is 25.6 Å². The van der Waals surface area contributed by atoms with Gasteiger partial charge in [-0.25, -0.2) is 9.59 Å². The molecular weight excluding hydrogens is 280 g/mol. The number of hydrogen-bond acceptors (Lipinski definition) is 4. The zero-order chi connectivity index (χ0) is 15.4. The van der Waals surface area contributed by atoms with Gasteiger partial charge in [0.15, 0.2) is 0 Å². The molecular formula is C13H14N2O6. The van der Waals surface area contributed by atoms with Gasteiger partial charge in [-0.2, -0.15) is 0 Å². The molecule has 8 heteroatoms. The van der Waals surface area contributed by atoms with Gasteiger partial charge in [0.2, 0.25) is 0 Å². The summed E-state index contributed by atoms with van der Waals surface area (Å²) in [7, 11) is 0. The fourth-order valence-electron chi connectivity index (χ4n) is 2.02. The maximum atomic E-state index is 11.8. The lowest BCUT2D eigenvalue weighted by molar-refractivity contribution is -0.145. The van der Waals surface area contributed by atoms with Gasteiger partial charge in [0.1, 0.15) is 18.4 Å². The lowest BCUT2D eigenvalue weighted by atomic mass is 10.1. The second kappa shape index (κ2) is 6.12. The van der Waals surface area contributed by atoms with Gasteiger partial charge in [-0.1, -0.05) is 18.2 Å². The van der Waals surface area contributed by atoms with Gasteiger partial charge in [-0.05, 0) is 6.07 Å². The number of hydrogen-bond donors (Lipinski definition) is 4. The average molecular weight is 294 g/mol. The molecule has 1 aromatic rings. The molecule has 0 aliphatic carbocycles. The Hall–Kier alpha value is -2.77. The average Bonchev–Trinajstić information content (AvgIpc) is 2.81. The molecule has 0 saturated carbocycles. The van der Waals surface area contributed by atoms with E-state index in [1.165, 1.54) is 0 Å². The lowest BCUT2D eigenvalue weighted by Gasteiger charge is -2.16. The number of rotatable bonds is 5. The Morgan fingerprint density at radius 2 is 2.00 bits per heavy atom. The smallest absolute Gasteiger partial charge is 0.326 e. The molecule has 4 N–H and O–H groups in total. The largest absolute Gasteiger partial charge is 0.491 e. The van der Waals surface area contributed by atoms with Crippen molar-refractivity contribution in [3.8, 4) is 5.75 Å². The molecule has 0 aromatic heterocycles. The predicted molar refractivity (Wildman–Crippen MR) is 70.0 cm³/mol. The Morgan fingerprint density at radius 3 is 2.67 bits per heavy atom. The Morgan fingerprint density at radius 1 is 1.29 bits per heavy atom. The van der Waals surface area contributed by atoms with Crippen molar-refractivity contribution in [2.75, 3.05) is 6.61 Å². The third-order valence-electron chi connectivity index (χ3n) is 2.99. The van der Waals surface area contributed by atoms with E-state index in [4.69, 9.17) is 14.9 Å². The lowest BCUT2D eigenvalue weighted by Crippen LogP contribution is -2.48. The van der Waals surface area contributed by atoms with Gasteiger partial charge >= 0.3 is 18.0 Å². The van der Waals surface area contributed by atoms with Crippen LogP contribution in [0, 0.1) is 0 Å². The summed E-state index contributed by atoms with van der Waals surface area (Å²) >= 11 is 0. The van der Waals surface area contributed by atoms with Gasteiger partial charge in [-0.3, -0.25) is 4.79 Å². The maximum absolute atomic E-state index is 11.8. The zero-order valence-electron chi connectivity index (χ0n) is 10.9. The molecule has 2 atom stereocenters. The molecule has 1 unspecified atom stereocenters. The van der Waals surface area contributed by atoms with E-state index in [1.54, 1.807) is 24.3 Å². The number of amides is 2. The number of aliphatic carboxylic acids is 2. The minimum atomic E-state index is -1.49. The van der Waals surface area contributed by atoms with Crippen LogP contribution in [0.15, 0.2) is 24.3 Å². The number of para-hydroxylation sites is 1. The fraction of sp³-hybridized carbons (Fsp3) is 0.308. The van der Waals surface area contributed by atoms with Crippen LogP contribution in [0.25, 0.3) is 0 Å². The number of carboxylic acids is 2. The molecule has 1 aliphatic heterocycles. The molecule has 8 nitrogen and oxygen atoms in total. The Bertz CT molecular complexity index is 574. The topological polar surface area (TPSA) is 125 Å². The number of ether oxygens (including phenoxy) is 1. The van der Waals surface area contributed by atoms with Crippen molar-refractivity contribution >= 4 is 18.0 Å². The highest BCUT2D eigenvalue weighted by Crippen LogP contribution is 2.31. The van der Waals surface area contributed by atoms with Crippen molar-refractivity contribution in [3.63, 3.8) is 0 Å². The normalized spacial score (nSPS) is 17.2. The molecule has 2 amide bonds. The molecule has 1 aromatic carbocycles. The van der Waals surface area contributed by atoms with E-state index in [0.29, 0.717) is 5.75 Å². The minimum absolute atomic E-state index is 0.240. The summed E-state index contributed by atoms with van der Waals surface area (Å²) in [4.78, 5) is 33.2. The SMILES string of the molecule is O=C(O)C[C@H](NC(=O)NC1COc2ccccc21)C(=O)O. The van der Waals surface area contributed by atoms with E-state index in [9.17, 15) is 14.4 Å². The monoisotopic (exact) mass is 294 g/mol. The molecule has 0 spiro atoms. The standard InChI is InChI=1S/C13H14N2O6/c16-11(17)5-8(12(18)19)14-13(20)15-9-6-21-10-4-2-1-3-7(9)10/h1-4,8-9H,5-6H2,(H,16,17)(H,18,19)(H2,14,15,20)/t8-,9?/m0/s1. The first kappa shape index (κ1) is 14.6. The highest BCUT2D eigenvalue weighted by atomic mass is 16.5. The second-order valence-corrected chi connectivity index (χ2v) is 4.51. The van der Waals surface area contributed by atoms with Crippen molar-refractivity contribution in [2.45, 2.75) is 18.5 Å². The Balaban J connectivity index is 1.96. The van der Waals surface area contributed by atoms with Crippen LogP contribution in [0.1, 0.15) is 18.0 Å². The summed E-state index contributed by atoms with van der Waals surface area (Å²) in [6, 6.07) is 4.51. The van der Waals surface area contributed by atoms with Crippen LogP contribution < -0.4 is 15.4 Å². The molecule has 21 heavy (non-hydrogen) atoms. The van der Waals surface area contributed by atoms with Gasteiger partial charge in [0, 0.05) is 5.56 Å². The number of carbonyl (C=O) groups excluding carboxylic acids is 1. The van der Waals surface area contributed by atoms with E-state index in [0.717, 1.165) is 5.56 Å². The summed E-state index contributed by atoms with van der Waals surface area (Å²) in [6.07, 6.45) is -0.694. The van der Waals surface area contributed by atoms with Crippen LogP contribution in [0.3, 0.4) is 0 Å². The third kappa shape index (κ3) is 3.62.